The second-order valence-electron chi connectivity index (χ2n) is 8.97. The third-order valence-corrected chi connectivity index (χ3v) is 7.60. The Hall–Kier alpha value is -3.38. The second kappa shape index (κ2) is 5.83. The SMILES string of the molecule is C1=C(C2c3ccccc3CC23c2ccccc2-c2ccccc23)Cc2ccccc21. The largest absolute Gasteiger partial charge is 0.0620 e. The summed E-state index contributed by atoms with van der Waals surface area (Å²) in [5.74, 6) is 0.380. The van der Waals surface area contributed by atoms with Crippen LogP contribution in [0.4, 0.5) is 0 Å². The zero-order valence-corrected chi connectivity index (χ0v) is 16.8. The number of fused-ring (bicyclic) bond motifs is 7. The van der Waals surface area contributed by atoms with Crippen LogP contribution < -0.4 is 0 Å². The predicted molar refractivity (Wildman–Crippen MR) is 124 cm³/mol. The van der Waals surface area contributed by atoms with E-state index in [1.54, 1.807) is 5.57 Å². The molecule has 7 rings (SSSR count). The van der Waals surface area contributed by atoms with Gasteiger partial charge in [0.15, 0.2) is 0 Å². The molecule has 0 saturated heterocycles. The highest BCUT2D eigenvalue weighted by Gasteiger charge is 2.54. The van der Waals surface area contributed by atoms with Crippen LogP contribution in [0.2, 0.25) is 0 Å². The Labute approximate surface area is 177 Å². The predicted octanol–water partition coefficient (Wildman–Crippen LogP) is 6.93. The third kappa shape index (κ3) is 1.96. The summed E-state index contributed by atoms with van der Waals surface area (Å²) in [5.41, 5.74) is 13.3. The van der Waals surface area contributed by atoms with Crippen molar-refractivity contribution in [2.45, 2.75) is 24.2 Å². The van der Waals surface area contributed by atoms with E-state index in [9.17, 15) is 0 Å². The summed E-state index contributed by atoms with van der Waals surface area (Å²) < 4.78 is 0. The van der Waals surface area contributed by atoms with Crippen molar-refractivity contribution in [3.05, 3.63) is 136 Å². The van der Waals surface area contributed by atoms with E-state index in [0.717, 1.165) is 12.8 Å². The van der Waals surface area contributed by atoms with Gasteiger partial charge in [-0.25, -0.2) is 0 Å². The molecule has 4 aromatic carbocycles. The molecule has 30 heavy (non-hydrogen) atoms. The number of hydrogen-bond donors (Lipinski definition) is 0. The number of allylic oxidation sites excluding steroid dienone is 1. The summed E-state index contributed by atoms with van der Waals surface area (Å²) in [4.78, 5) is 0. The van der Waals surface area contributed by atoms with Gasteiger partial charge in [-0.2, -0.15) is 0 Å². The first-order valence-electron chi connectivity index (χ1n) is 10.9. The maximum atomic E-state index is 2.48. The van der Waals surface area contributed by atoms with Crippen LogP contribution in [0.1, 0.15) is 39.3 Å². The highest BCUT2D eigenvalue weighted by atomic mass is 14.6. The Balaban J connectivity index is 1.54. The minimum atomic E-state index is -0.00918. The molecule has 0 aromatic heterocycles. The average Bonchev–Trinajstić information content (AvgIpc) is 3.45. The lowest BCUT2D eigenvalue weighted by Gasteiger charge is -2.35. The van der Waals surface area contributed by atoms with E-state index in [-0.39, 0.29) is 5.41 Å². The van der Waals surface area contributed by atoms with E-state index in [4.69, 9.17) is 0 Å². The van der Waals surface area contributed by atoms with Crippen molar-refractivity contribution in [3.8, 4) is 11.1 Å². The standard InChI is InChI=1S/C30H22/c1-2-10-21-18-23(17-20(21)9-1)29-24-12-4-3-11-22(24)19-30(29)27-15-7-5-13-25(27)26-14-6-8-16-28(26)30/h1-17,29H,18-19H2. The highest BCUT2D eigenvalue weighted by Crippen LogP contribution is 2.63. The fraction of sp³-hybridized carbons (Fsp3) is 0.133. The van der Waals surface area contributed by atoms with E-state index >= 15 is 0 Å². The molecule has 0 bridgehead atoms. The summed E-state index contributed by atoms with van der Waals surface area (Å²) >= 11 is 0. The van der Waals surface area contributed by atoms with Crippen molar-refractivity contribution in [2.24, 2.45) is 0 Å². The zero-order valence-electron chi connectivity index (χ0n) is 16.8. The Kier molecular flexibility index (Phi) is 3.19. The smallest absolute Gasteiger partial charge is 0.0361 e. The molecule has 3 aliphatic rings. The topological polar surface area (TPSA) is 0 Å². The van der Waals surface area contributed by atoms with Gasteiger partial charge in [0.25, 0.3) is 0 Å². The van der Waals surface area contributed by atoms with Gasteiger partial charge >= 0.3 is 0 Å². The van der Waals surface area contributed by atoms with Crippen LogP contribution in [-0.2, 0) is 18.3 Å². The molecule has 0 N–H and O–H groups in total. The molecule has 0 aliphatic heterocycles. The zero-order chi connectivity index (χ0) is 19.7. The summed E-state index contributed by atoms with van der Waals surface area (Å²) in [7, 11) is 0. The van der Waals surface area contributed by atoms with Gasteiger partial charge in [-0.3, -0.25) is 0 Å². The van der Waals surface area contributed by atoms with Gasteiger partial charge in [-0.05, 0) is 57.3 Å². The lowest BCUT2D eigenvalue weighted by molar-refractivity contribution is 0.493. The maximum absolute atomic E-state index is 2.48. The molecule has 0 amide bonds. The lowest BCUT2D eigenvalue weighted by Crippen LogP contribution is -2.31. The van der Waals surface area contributed by atoms with Crippen LogP contribution in [0.5, 0.6) is 0 Å². The van der Waals surface area contributed by atoms with E-state index in [2.05, 4.69) is 103 Å². The van der Waals surface area contributed by atoms with Crippen LogP contribution in [0.15, 0.2) is 103 Å². The van der Waals surface area contributed by atoms with Crippen molar-refractivity contribution in [1.82, 2.24) is 0 Å². The Morgan fingerprint density at radius 2 is 1.20 bits per heavy atom. The first kappa shape index (κ1) is 16.4. The van der Waals surface area contributed by atoms with Gasteiger partial charge in [0.2, 0.25) is 0 Å². The van der Waals surface area contributed by atoms with Gasteiger partial charge in [-0.1, -0.05) is 109 Å². The Bertz CT molecular complexity index is 1310. The molecule has 142 valence electrons. The van der Waals surface area contributed by atoms with Gasteiger partial charge < -0.3 is 0 Å². The number of benzene rings is 4. The first-order valence-corrected chi connectivity index (χ1v) is 10.9. The first-order chi connectivity index (χ1) is 14.9. The highest BCUT2D eigenvalue weighted by molar-refractivity contribution is 5.84. The van der Waals surface area contributed by atoms with Gasteiger partial charge in [0, 0.05) is 11.3 Å². The summed E-state index contributed by atoms with van der Waals surface area (Å²) in [6.45, 7) is 0. The molecular formula is C30H22. The fourth-order valence-corrected chi connectivity index (χ4v) is 6.51. The Morgan fingerprint density at radius 3 is 1.93 bits per heavy atom. The van der Waals surface area contributed by atoms with Crippen molar-refractivity contribution in [2.75, 3.05) is 0 Å². The van der Waals surface area contributed by atoms with Crippen LogP contribution in [0, 0.1) is 0 Å². The van der Waals surface area contributed by atoms with Gasteiger partial charge in [0.05, 0.1) is 0 Å². The van der Waals surface area contributed by atoms with Crippen molar-refractivity contribution in [1.29, 1.82) is 0 Å². The monoisotopic (exact) mass is 382 g/mol. The van der Waals surface area contributed by atoms with Crippen LogP contribution in [0.25, 0.3) is 17.2 Å². The molecule has 1 spiro atoms. The van der Waals surface area contributed by atoms with Gasteiger partial charge in [0.1, 0.15) is 0 Å². The van der Waals surface area contributed by atoms with E-state index in [0.29, 0.717) is 5.92 Å². The summed E-state index contributed by atoms with van der Waals surface area (Å²) in [5, 5.41) is 0. The van der Waals surface area contributed by atoms with Crippen molar-refractivity contribution < 1.29 is 0 Å². The van der Waals surface area contributed by atoms with Crippen LogP contribution >= 0.6 is 0 Å². The molecule has 0 nitrogen and oxygen atoms in total. The summed E-state index contributed by atoms with van der Waals surface area (Å²) in [6.07, 6.45) is 4.62. The molecule has 1 unspecified atom stereocenters. The third-order valence-electron chi connectivity index (χ3n) is 7.60. The number of hydrogen-bond acceptors (Lipinski definition) is 0. The summed E-state index contributed by atoms with van der Waals surface area (Å²) in [6, 6.07) is 36.3. The van der Waals surface area contributed by atoms with Crippen LogP contribution in [0.3, 0.4) is 0 Å². The van der Waals surface area contributed by atoms with Crippen molar-refractivity contribution in [3.63, 3.8) is 0 Å². The van der Waals surface area contributed by atoms with Crippen molar-refractivity contribution >= 4 is 6.08 Å². The molecule has 0 radical (unpaired) electrons. The van der Waals surface area contributed by atoms with E-state index in [1.807, 2.05) is 0 Å². The van der Waals surface area contributed by atoms with Crippen LogP contribution in [-0.4, -0.2) is 0 Å². The minimum absolute atomic E-state index is 0.00918. The fourth-order valence-electron chi connectivity index (χ4n) is 6.51. The van der Waals surface area contributed by atoms with Gasteiger partial charge in [-0.15, -0.1) is 0 Å². The molecule has 0 fully saturated rings. The quantitative estimate of drug-likeness (QED) is 0.335. The maximum Gasteiger partial charge on any atom is 0.0361 e. The normalized spacial score (nSPS) is 19.2. The number of rotatable bonds is 1. The molecule has 0 heteroatoms. The minimum Gasteiger partial charge on any atom is -0.0620 e. The Morgan fingerprint density at radius 1 is 0.600 bits per heavy atom. The van der Waals surface area contributed by atoms with E-state index < -0.39 is 0 Å². The molecule has 0 heterocycles. The molecule has 3 aliphatic carbocycles. The molecular weight excluding hydrogens is 360 g/mol. The average molecular weight is 383 g/mol. The molecule has 0 saturated carbocycles. The van der Waals surface area contributed by atoms with E-state index in [1.165, 1.54) is 44.5 Å². The molecule has 4 aromatic rings. The second-order valence-corrected chi connectivity index (χ2v) is 8.97. The lowest BCUT2D eigenvalue weighted by atomic mass is 9.66. The molecule has 1 atom stereocenters.